The molecule has 5 nitrogen and oxygen atoms in total. The first-order valence-corrected chi connectivity index (χ1v) is 8.12. The molecule has 1 aromatic rings. The van der Waals surface area contributed by atoms with E-state index in [0.717, 1.165) is 13.1 Å². The molecule has 2 unspecified atom stereocenters. The second-order valence-corrected chi connectivity index (χ2v) is 6.77. The van der Waals surface area contributed by atoms with E-state index < -0.39 is 17.6 Å². The number of carbonyl (C=O) groups excluding carboxylic acids is 1. The van der Waals surface area contributed by atoms with Gasteiger partial charge >= 0.3 is 0 Å². The standard InChI is InChI=1S/C18H25N3O2/c1-14(2)10-16(22)17(23)20-18(12-19)8-9-21(13-18)11-15-6-4-3-5-7-15/h3-7,14,16,22H,8-11,13H2,1-2H3,(H,20,23). The fourth-order valence-electron chi connectivity index (χ4n) is 2.96. The van der Waals surface area contributed by atoms with Crippen LogP contribution < -0.4 is 5.32 Å². The van der Waals surface area contributed by atoms with E-state index in [1.54, 1.807) is 0 Å². The van der Waals surface area contributed by atoms with E-state index in [4.69, 9.17) is 0 Å². The first kappa shape index (κ1) is 17.5. The van der Waals surface area contributed by atoms with Gasteiger partial charge in [-0.15, -0.1) is 0 Å². The quantitative estimate of drug-likeness (QED) is 0.837. The zero-order valence-corrected chi connectivity index (χ0v) is 13.8. The van der Waals surface area contributed by atoms with E-state index in [2.05, 4.69) is 28.4 Å². The summed E-state index contributed by atoms with van der Waals surface area (Å²) in [6, 6.07) is 12.3. The zero-order valence-electron chi connectivity index (χ0n) is 13.8. The van der Waals surface area contributed by atoms with E-state index in [9.17, 15) is 15.2 Å². The fraction of sp³-hybridized carbons (Fsp3) is 0.556. The van der Waals surface area contributed by atoms with Gasteiger partial charge in [0.25, 0.3) is 0 Å². The Kier molecular flexibility index (Phi) is 5.75. The molecule has 1 fully saturated rings. The summed E-state index contributed by atoms with van der Waals surface area (Å²) in [7, 11) is 0. The number of nitrogens with one attached hydrogen (secondary N) is 1. The Hall–Kier alpha value is -1.90. The lowest BCUT2D eigenvalue weighted by Crippen LogP contribution is -2.52. The Bertz CT molecular complexity index is 567. The van der Waals surface area contributed by atoms with Gasteiger partial charge in [-0.05, 0) is 24.3 Å². The normalized spacial score (nSPS) is 22.7. The predicted molar refractivity (Wildman–Crippen MR) is 88.3 cm³/mol. The summed E-state index contributed by atoms with van der Waals surface area (Å²) in [5.74, 6) is -0.214. The van der Waals surface area contributed by atoms with E-state index in [1.807, 2.05) is 32.0 Å². The lowest BCUT2D eigenvalue weighted by atomic mass is 9.99. The maximum atomic E-state index is 12.1. The second kappa shape index (κ2) is 7.58. The summed E-state index contributed by atoms with van der Waals surface area (Å²) < 4.78 is 0. The Labute approximate surface area is 137 Å². The minimum absolute atomic E-state index is 0.229. The third-order valence-corrected chi connectivity index (χ3v) is 4.17. The minimum atomic E-state index is -1.05. The molecule has 0 saturated carbocycles. The molecule has 5 heteroatoms. The van der Waals surface area contributed by atoms with E-state index in [-0.39, 0.29) is 5.92 Å². The molecule has 0 aliphatic carbocycles. The zero-order chi connectivity index (χ0) is 16.9. The van der Waals surface area contributed by atoms with Crippen LogP contribution in [0.5, 0.6) is 0 Å². The van der Waals surface area contributed by atoms with Crippen LogP contribution in [0.2, 0.25) is 0 Å². The van der Waals surface area contributed by atoms with Gasteiger partial charge in [-0.2, -0.15) is 5.26 Å². The van der Waals surface area contributed by atoms with E-state index in [0.29, 0.717) is 19.4 Å². The van der Waals surface area contributed by atoms with Crippen LogP contribution in [-0.4, -0.2) is 40.6 Å². The van der Waals surface area contributed by atoms with Gasteiger partial charge in [0.05, 0.1) is 6.07 Å². The summed E-state index contributed by atoms with van der Waals surface area (Å²) in [5.41, 5.74) is 0.288. The third-order valence-electron chi connectivity index (χ3n) is 4.17. The van der Waals surface area contributed by atoms with Crippen molar-refractivity contribution in [3.63, 3.8) is 0 Å². The number of hydrogen-bond donors (Lipinski definition) is 2. The van der Waals surface area contributed by atoms with Crippen molar-refractivity contribution in [2.45, 2.75) is 44.9 Å². The van der Waals surface area contributed by atoms with Crippen LogP contribution in [0.3, 0.4) is 0 Å². The topological polar surface area (TPSA) is 76.4 Å². The third kappa shape index (κ3) is 4.78. The van der Waals surface area contributed by atoms with E-state index >= 15 is 0 Å². The number of nitriles is 1. The number of nitrogens with zero attached hydrogens (tertiary/aromatic N) is 2. The van der Waals surface area contributed by atoms with Crippen molar-refractivity contribution in [3.8, 4) is 6.07 Å². The van der Waals surface area contributed by atoms with Crippen LogP contribution in [0.1, 0.15) is 32.3 Å². The number of hydrogen-bond acceptors (Lipinski definition) is 4. The smallest absolute Gasteiger partial charge is 0.250 e. The first-order valence-electron chi connectivity index (χ1n) is 8.12. The number of carbonyl (C=O) groups is 1. The Morgan fingerprint density at radius 3 is 2.74 bits per heavy atom. The molecule has 0 spiro atoms. The van der Waals surface area contributed by atoms with Gasteiger partial charge in [-0.3, -0.25) is 9.69 Å². The molecule has 1 aliphatic heterocycles. The van der Waals surface area contributed by atoms with Crippen LogP contribution in [0.15, 0.2) is 30.3 Å². The largest absolute Gasteiger partial charge is 0.383 e. The Balaban J connectivity index is 1.95. The van der Waals surface area contributed by atoms with Gasteiger partial charge in [0, 0.05) is 19.6 Å². The van der Waals surface area contributed by atoms with Crippen molar-refractivity contribution in [2.75, 3.05) is 13.1 Å². The predicted octanol–water partition coefficient (Wildman–Crippen LogP) is 1.68. The highest BCUT2D eigenvalue weighted by Gasteiger charge is 2.40. The molecule has 1 amide bonds. The van der Waals surface area contributed by atoms with Crippen molar-refractivity contribution in [2.24, 2.45) is 5.92 Å². The van der Waals surface area contributed by atoms with Gasteiger partial charge in [-0.25, -0.2) is 0 Å². The Morgan fingerprint density at radius 1 is 1.43 bits per heavy atom. The van der Waals surface area contributed by atoms with Crippen LogP contribution in [0.25, 0.3) is 0 Å². The van der Waals surface area contributed by atoms with Gasteiger partial charge in [0.2, 0.25) is 5.91 Å². The highest BCUT2D eigenvalue weighted by atomic mass is 16.3. The summed E-state index contributed by atoms with van der Waals surface area (Å²) in [6.07, 6.45) is -0.0687. The SMILES string of the molecule is CC(C)CC(O)C(=O)NC1(C#N)CCN(Cc2ccccc2)C1. The summed E-state index contributed by atoms with van der Waals surface area (Å²) in [4.78, 5) is 14.3. The van der Waals surface area contributed by atoms with Gasteiger partial charge in [0.15, 0.2) is 0 Å². The molecule has 2 N–H and O–H groups in total. The molecule has 1 heterocycles. The maximum Gasteiger partial charge on any atom is 0.250 e. The average Bonchev–Trinajstić information content (AvgIpc) is 2.91. The molecular weight excluding hydrogens is 290 g/mol. The summed E-state index contributed by atoms with van der Waals surface area (Å²) in [5, 5.41) is 22.2. The van der Waals surface area contributed by atoms with Crippen LogP contribution in [-0.2, 0) is 11.3 Å². The van der Waals surface area contributed by atoms with Crippen molar-refractivity contribution >= 4 is 5.91 Å². The molecule has 0 aromatic heterocycles. The molecule has 1 aromatic carbocycles. The Morgan fingerprint density at radius 2 is 2.13 bits per heavy atom. The van der Waals surface area contributed by atoms with Crippen LogP contribution in [0.4, 0.5) is 0 Å². The number of aliphatic hydroxyl groups excluding tert-OH is 1. The molecule has 1 saturated heterocycles. The molecular formula is C18H25N3O2. The number of amides is 1. The minimum Gasteiger partial charge on any atom is -0.383 e. The number of aliphatic hydroxyl groups is 1. The molecule has 2 atom stereocenters. The van der Waals surface area contributed by atoms with Gasteiger partial charge in [-0.1, -0.05) is 44.2 Å². The first-order chi connectivity index (χ1) is 10.9. The summed E-state index contributed by atoms with van der Waals surface area (Å²) >= 11 is 0. The average molecular weight is 315 g/mol. The second-order valence-electron chi connectivity index (χ2n) is 6.77. The lowest BCUT2D eigenvalue weighted by Gasteiger charge is -2.25. The fourth-order valence-corrected chi connectivity index (χ4v) is 2.96. The van der Waals surface area contributed by atoms with Crippen molar-refractivity contribution in [3.05, 3.63) is 35.9 Å². The molecule has 0 bridgehead atoms. The maximum absolute atomic E-state index is 12.1. The summed E-state index contributed by atoms with van der Waals surface area (Å²) in [6.45, 7) is 5.90. The van der Waals surface area contributed by atoms with Crippen LogP contribution in [0, 0.1) is 17.2 Å². The molecule has 2 rings (SSSR count). The highest BCUT2D eigenvalue weighted by Crippen LogP contribution is 2.23. The number of rotatable bonds is 6. The molecule has 124 valence electrons. The van der Waals surface area contributed by atoms with Crippen molar-refractivity contribution in [1.29, 1.82) is 5.26 Å². The molecule has 23 heavy (non-hydrogen) atoms. The molecule has 1 aliphatic rings. The van der Waals surface area contributed by atoms with Crippen LogP contribution >= 0.6 is 0 Å². The monoisotopic (exact) mass is 315 g/mol. The molecule has 0 radical (unpaired) electrons. The van der Waals surface area contributed by atoms with Gasteiger partial charge in [0.1, 0.15) is 11.6 Å². The lowest BCUT2D eigenvalue weighted by molar-refractivity contribution is -0.131. The van der Waals surface area contributed by atoms with Gasteiger partial charge < -0.3 is 10.4 Å². The van der Waals surface area contributed by atoms with Crippen molar-refractivity contribution < 1.29 is 9.90 Å². The highest BCUT2D eigenvalue weighted by molar-refractivity contribution is 5.81. The van der Waals surface area contributed by atoms with E-state index in [1.165, 1.54) is 5.56 Å². The number of benzene rings is 1. The number of likely N-dealkylation sites (tertiary alicyclic amines) is 1. The van der Waals surface area contributed by atoms with Crippen molar-refractivity contribution in [1.82, 2.24) is 10.2 Å².